The van der Waals surface area contributed by atoms with E-state index in [0.29, 0.717) is 0 Å². The monoisotopic (exact) mass is 335 g/mol. The lowest BCUT2D eigenvalue weighted by Gasteiger charge is -2.16. The highest BCUT2D eigenvalue weighted by Gasteiger charge is 2.12. The van der Waals surface area contributed by atoms with Crippen LogP contribution in [0.2, 0.25) is 0 Å². The molecule has 2 aromatic carbocycles. The molecule has 1 unspecified atom stereocenters. The predicted molar refractivity (Wildman–Crippen MR) is 84.5 cm³/mol. The molecule has 0 saturated carbocycles. The van der Waals surface area contributed by atoms with Crippen LogP contribution >= 0.6 is 15.9 Å². The van der Waals surface area contributed by atoms with Gasteiger partial charge in [-0.25, -0.2) is 0 Å². The van der Waals surface area contributed by atoms with Gasteiger partial charge in [0.1, 0.15) is 11.5 Å². The second-order valence-electron chi connectivity index (χ2n) is 4.60. The number of hydrogen-bond acceptors (Lipinski definition) is 3. The Morgan fingerprint density at radius 2 is 1.50 bits per heavy atom. The smallest absolute Gasteiger partial charge is 0.133 e. The van der Waals surface area contributed by atoms with Crippen LogP contribution in [0.25, 0.3) is 0 Å². The Balaban J connectivity index is 2.33. The quantitative estimate of drug-likeness (QED) is 0.923. The Kier molecular flexibility index (Phi) is 4.68. The van der Waals surface area contributed by atoms with Crippen molar-refractivity contribution in [2.75, 3.05) is 14.2 Å². The van der Waals surface area contributed by atoms with Gasteiger partial charge in [-0.3, -0.25) is 0 Å². The van der Waals surface area contributed by atoms with Crippen LogP contribution in [0, 0.1) is 6.92 Å². The Labute approximate surface area is 127 Å². The maximum atomic E-state index is 6.33. The molecule has 0 aliphatic heterocycles. The molecule has 0 aliphatic carbocycles. The molecule has 106 valence electrons. The minimum Gasteiger partial charge on any atom is -0.496 e. The van der Waals surface area contributed by atoms with Gasteiger partial charge in [0.25, 0.3) is 0 Å². The van der Waals surface area contributed by atoms with Gasteiger partial charge in [-0.1, -0.05) is 18.2 Å². The third-order valence-corrected chi connectivity index (χ3v) is 3.93. The van der Waals surface area contributed by atoms with Crippen molar-refractivity contribution >= 4 is 15.9 Å². The molecule has 2 N–H and O–H groups in total. The van der Waals surface area contributed by atoms with E-state index in [-0.39, 0.29) is 6.04 Å². The molecule has 20 heavy (non-hydrogen) atoms. The van der Waals surface area contributed by atoms with Crippen LogP contribution in [-0.4, -0.2) is 14.2 Å². The molecule has 1 atom stereocenters. The first-order chi connectivity index (χ1) is 9.56. The fourth-order valence-corrected chi connectivity index (χ4v) is 2.72. The van der Waals surface area contributed by atoms with Crippen molar-refractivity contribution < 1.29 is 9.47 Å². The standard InChI is InChI=1S/C16H18BrNO2/c1-10-8-11(4-6-14(10)19-2)16(18)12-5-7-15(20-3)13(17)9-12/h4-9,16H,18H2,1-3H3. The van der Waals surface area contributed by atoms with E-state index in [9.17, 15) is 0 Å². The van der Waals surface area contributed by atoms with Crippen LogP contribution in [0.3, 0.4) is 0 Å². The van der Waals surface area contributed by atoms with Crippen LogP contribution in [0.4, 0.5) is 0 Å². The lowest BCUT2D eigenvalue weighted by molar-refractivity contribution is 0.411. The third kappa shape index (κ3) is 2.97. The highest BCUT2D eigenvalue weighted by molar-refractivity contribution is 9.10. The van der Waals surface area contributed by atoms with Crippen molar-refractivity contribution in [3.05, 3.63) is 57.6 Å². The van der Waals surface area contributed by atoms with Gasteiger partial charge in [0, 0.05) is 0 Å². The van der Waals surface area contributed by atoms with E-state index in [1.165, 1.54) is 0 Å². The Hall–Kier alpha value is -1.52. The molecule has 3 nitrogen and oxygen atoms in total. The summed E-state index contributed by atoms with van der Waals surface area (Å²) in [4.78, 5) is 0. The van der Waals surface area contributed by atoms with Gasteiger partial charge in [-0.15, -0.1) is 0 Å². The van der Waals surface area contributed by atoms with Gasteiger partial charge in [-0.05, 0) is 57.7 Å². The molecule has 0 saturated heterocycles. The summed E-state index contributed by atoms with van der Waals surface area (Å²) in [6, 6.07) is 11.7. The molecule has 2 aromatic rings. The zero-order valence-corrected chi connectivity index (χ0v) is 13.4. The van der Waals surface area contributed by atoms with E-state index < -0.39 is 0 Å². The molecule has 0 aromatic heterocycles. The molecule has 0 aliphatic rings. The Morgan fingerprint density at radius 1 is 0.950 bits per heavy atom. The first kappa shape index (κ1) is 14.9. The van der Waals surface area contributed by atoms with Gasteiger partial charge < -0.3 is 15.2 Å². The maximum Gasteiger partial charge on any atom is 0.133 e. The number of benzene rings is 2. The maximum absolute atomic E-state index is 6.33. The molecule has 0 radical (unpaired) electrons. The molecule has 0 fully saturated rings. The largest absolute Gasteiger partial charge is 0.496 e. The van der Waals surface area contributed by atoms with Crippen molar-refractivity contribution in [3.63, 3.8) is 0 Å². The summed E-state index contributed by atoms with van der Waals surface area (Å²) in [5, 5.41) is 0. The van der Waals surface area contributed by atoms with Crippen molar-refractivity contribution in [1.29, 1.82) is 0 Å². The summed E-state index contributed by atoms with van der Waals surface area (Å²) >= 11 is 3.48. The summed E-state index contributed by atoms with van der Waals surface area (Å²) in [5.74, 6) is 1.67. The Morgan fingerprint density at radius 3 is 2.00 bits per heavy atom. The van der Waals surface area contributed by atoms with Crippen molar-refractivity contribution in [2.45, 2.75) is 13.0 Å². The number of hydrogen-bond donors (Lipinski definition) is 1. The fraction of sp³-hybridized carbons (Fsp3) is 0.250. The van der Waals surface area contributed by atoms with Crippen LogP contribution in [0.1, 0.15) is 22.7 Å². The summed E-state index contributed by atoms with van der Waals surface area (Å²) in [6.07, 6.45) is 0. The van der Waals surface area contributed by atoms with E-state index in [2.05, 4.69) is 22.0 Å². The van der Waals surface area contributed by atoms with Crippen molar-refractivity contribution in [2.24, 2.45) is 5.73 Å². The zero-order valence-electron chi connectivity index (χ0n) is 11.8. The van der Waals surface area contributed by atoms with E-state index in [4.69, 9.17) is 15.2 Å². The van der Waals surface area contributed by atoms with Crippen LogP contribution in [-0.2, 0) is 0 Å². The lowest BCUT2D eigenvalue weighted by atomic mass is 9.98. The first-order valence-electron chi connectivity index (χ1n) is 6.30. The van der Waals surface area contributed by atoms with E-state index in [1.54, 1.807) is 14.2 Å². The number of rotatable bonds is 4. The van der Waals surface area contributed by atoms with Gasteiger partial charge in [-0.2, -0.15) is 0 Å². The summed E-state index contributed by atoms with van der Waals surface area (Å²) in [7, 11) is 3.31. The molecule has 2 rings (SSSR count). The highest BCUT2D eigenvalue weighted by Crippen LogP contribution is 2.30. The molecular formula is C16H18BrNO2. The number of ether oxygens (including phenoxy) is 2. The van der Waals surface area contributed by atoms with Gasteiger partial charge in [0.2, 0.25) is 0 Å². The molecule has 0 spiro atoms. The molecule has 0 heterocycles. The van der Waals surface area contributed by atoms with E-state index in [0.717, 1.165) is 32.7 Å². The fourth-order valence-electron chi connectivity index (χ4n) is 2.16. The predicted octanol–water partition coefficient (Wildman–Crippen LogP) is 3.82. The number of nitrogens with two attached hydrogens (primary N) is 1. The minimum atomic E-state index is -0.179. The van der Waals surface area contributed by atoms with Crippen LogP contribution in [0.5, 0.6) is 11.5 Å². The van der Waals surface area contributed by atoms with Gasteiger partial charge >= 0.3 is 0 Å². The number of aryl methyl sites for hydroxylation is 1. The molecule has 0 amide bonds. The highest BCUT2D eigenvalue weighted by atomic mass is 79.9. The average Bonchev–Trinajstić information content (AvgIpc) is 2.46. The van der Waals surface area contributed by atoms with Crippen LogP contribution < -0.4 is 15.2 Å². The third-order valence-electron chi connectivity index (χ3n) is 3.31. The van der Waals surface area contributed by atoms with E-state index in [1.807, 2.05) is 37.3 Å². The number of methoxy groups -OCH3 is 2. The topological polar surface area (TPSA) is 44.5 Å². The molecular weight excluding hydrogens is 318 g/mol. The summed E-state index contributed by atoms with van der Waals surface area (Å²) < 4.78 is 11.4. The van der Waals surface area contributed by atoms with Gasteiger partial charge in [0.05, 0.1) is 24.7 Å². The summed E-state index contributed by atoms with van der Waals surface area (Å²) in [6.45, 7) is 2.01. The molecule has 0 bridgehead atoms. The number of halogens is 1. The Bertz CT molecular complexity index is 560. The van der Waals surface area contributed by atoms with Crippen molar-refractivity contribution in [1.82, 2.24) is 0 Å². The lowest BCUT2D eigenvalue weighted by Crippen LogP contribution is -2.12. The zero-order chi connectivity index (χ0) is 14.7. The second-order valence-corrected chi connectivity index (χ2v) is 5.46. The van der Waals surface area contributed by atoms with E-state index >= 15 is 0 Å². The van der Waals surface area contributed by atoms with Gasteiger partial charge in [0.15, 0.2) is 0 Å². The minimum absolute atomic E-state index is 0.179. The molecule has 4 heteroatoms. The van der Waals surface area contributed by atoms with Crippen molar-refractivity contribution in [3.8, 4) is 11.5 Å². The average molecular weight is 336 g/mol. The second kappa shape index (κ2) is 6.29. The first-order valence-corrected chi connectivity index (χ1v) is 7.09. The SMILES string of the molecule is COc1ccc(C(N)c2ccc(OC)c(Br)c2)cc1C. The van der Waals surface area contributed by atoms with Crippen LogP contribution in [0.15, 0.2) is 40.9 Å². The summed E-state index contributed by atoms with van der Waals surface area (Å²) in [5.41, 5.74) is 9.50. The normalized spacial score (nSPS) is 12.1.